The molecule has 0 aromatic heterocycles. The zero-order valence-electron chi connectivity index (χ0n) is 16.1. The minimum atomic E-state index is -1.18. The van der Waals surface area contributed by atoms with Gasteiger partial charge in [0.2, 0.25) is 11.8 Å². The van der Waals surface area contributed by atoms with Crippen LogP contribution in [0.1, 0.15) is 42.9 Å². The number of rotatable bonds is 5. The van der Waals surface area contributed by atoms with Gasteiger partial charge in [-0.15, -0.1) is 0 Å². The second-order valence-corrected chi connectivity index (χ2v) is 7.28. The van der Waals surface area contributed by atoms with Gasteiger partial charge in [-0.3, -0.25) is 9.59 Å². The standard InChI is InChI=1S/C22H21F2N3O2/c1-3-22(11-14-7-9-16(23)10-8-14)21(29)26-19(20(28)27-22)13(2)18-15(12-25)5-4-6-17(18)24/h4-10,13,19H,3,11H2,1-2H3,(H,26,29)(H,27,28). The van der Waals surface area contributed by atoms with E-state index in [1.54, 1.807) is 26.0 Å². The van der Waals surface area contributed by atoms with E-state index in [4.69, 9.17) is 0 Å². The number of hydrogen-bond donors (Lipinski definition) is 2. The zero-order valence-corrected chi connectivity index (χ0v) is 16.1. The van der Waals surface area contributed by atoms with E-state index in [9.17, 15) is 23.6 Å². The van der Waals surface area contributed by atoms with Gasteiger partial charge in [0.1, 0.15) is 23.2 Å². The van der Waals surface area contributed by atoms with Crippen LogP contribution in [0.4, 0.5) is 8.78 Å². The van der Waals surface area contributed by atoms with Gasteiger partial charge < -0.3 is 10.6 Å². The van der Waals surface area contributed by atoms with Gasteiger partial charge in [-0.05, 0) is 36.2 Å². The number of amides is 2. The number of hydrogen-bond acceptors (Lipinski definition) is 3. The molecule has 0 saturated carbocycles. The van der Waals surface area contributed by atoms with E-state index in [0.29, 0.717) is 12.0 Å². The molecule has 5 nitrogen and oxygen atoms in total. The Balaban J connectivity index is 1.87. The molecule has 3 atom stereocenters. The van der Waals surface area contributed by atoms with Crippen LogP contribution in [0.3, 0.4) is 0 Å². The second kappa shape index (κ2) is 8.00. The van der Waals surface area contributed by atoms with Gasteiger partial charge in [0.15, 0.2) is 0 Å². The van der Waals surface area contributed by atoms with E-state index in [-0.39, 0.29) is 23.4 Å². The number of nitrogens with zero attached hydrogens (tertiary/aromatic N) is 1. The molecule has 3 rings (SSSR count). The molecule has 150 valence electrons. The minimum Gasteiger partial charge on any atom is -0.342 e. The Morgan fingerprint density at radius 1 is 1.17 bits per heavy atom. The van der Waals surface area contributed by atoms with Crippen LogP contribution in [0, 0.1) is 23.0 Å². The van der Waals surface area contributed by atoms with E-state index in [1.165, 1.54) is 30.3 Å². The average molecular weight is 397 g/mol. The Morgan fingerprint density at radius 2 is 1.86 bits per heavy atom. The molecule has 2 amide bonds. The predicted octanol–water partition coefficient (Wildman–Crippen LogP) is 2.95. The molecule has 1 heterocycles. The molecular formula is C22H21F2N3O2. The maximum atomic E-state index is 14.4. The normalized spacial score (nSPS) is 22.4. The fourth-order valence-electron chi connectivity index (χ4n) is 3.78. The van der Waals surface area contributed by atoms with E-state index >= 15 is 0 Å². The molecule has 2 aromatic carbocycles. The summed E-state index contributed by atoms with van der Waals surface area (Å²) in [4.78, 5) is 25.9. The van der Waals surface area contributed by atoms with Crippen molar-refractivity contribution in [1.29, 1.82) is 5.26 Å². The fraction of sp³-hybridized carbons (Fsp3) is 0.318. The lowest BCUT2D eigenvalue weighted by molar-refractivity contribution is -0.142. The van der Waals surface area contributed by atoms with E-state index in [0.717, 1.165) is 0 Å². The summed E-state index contributed by atoms with van der Waals surface area (Å²) in [5.74, 6) is -2.57. The lowest BCUT2D eigenvalue weighted by Gasteiger charge is -2.41. The van der Waals surface area contributed by atoms with E-state index < -0.39 is 35.1 Å². The third-order valence-electron chi connectivity index (χ3n) is 5.52. The third-order valence-corrected chi connectivity index (χ3v) is 5.52. The average Bonchev–Trinajstić information content (AvgIpc) is 2.71. The van der Waals surface area contributed by atoms with Crippen molar-refractivity contribution in [3.63, 3.8) is 0 Å². The van der Waals surface area contributed by atoms with Crippen molar-refractivity contribution < 1.29 is 18.4 Å². The Kier molecular flexibility index (Phi) is 5.64. The van der Waals surface area contributed by atoms with Gasteiger partial charge in [-0.1, -0.05) is 32.0 Å². The summed E-state index contributed by atoms with van der Waals surface area (Å²) in [5, 5.41) is 14.8. The van der Waals surface area contributed by atoms with Crippen molar-refractivity contribution in [2.75, 3.05) is 0 Å². The lowest BCUT2D eigenvalue weighted by atomic mass is 9.81. The number of benzene rings is 2. The number of piperazine rings is 1. The Morgan fingerprint density at radius 3 is 2.48 bits per heavy atom. The first-order chi connectivity index (χ1) is 13.8. The Labute approximate surface area is 167 Å². The molecule has 1 fully saturated rings. The van der Waals surface area contributed by atoms with Crippen LogP contribution in [0.5, 0.6) is 0 Å². The van der Waals surface area contributed by atoms with Gasteiger partial charge in [0.25, 0.3) is 0 Å². The highest BCUT2D eigenvalue weighted by atomic mass is 19.1. The maximum Gasteiger partial charge on any atom is 0.246 e. The summed E-state index contributed by atoms with van der Waals surface area (Å²) in [5.41, 5.74) is -0.259. The van der Waals surface area contributed by atoms with Crippen molar-refractivity contribution in [2.45, 2.75) is 44.2 Å². The topological polar surface area (TPSA) is 82.0 Å². The van der Waals surface area contributed by atoms with E-state index in [2.05, 4.69) is 10.6 Å². The molecule has 29 heavy (non-hydrogen) atoms. The quantitative estimate of drug-likeness (QED) is 0.814. The molecule has 0 aliphatic carbocycles. The Bertz CT molecular complexity index is 985. The van der Waals surface area contributed by atoms with Crippen molar-refractivity contribution in [3.8, 4) is 6.07 Å². The molecule has 3 unspecified atom stereocenters. The second-order valence-electron chi connectivity index (χ2n) is 7.28. The highest BCUT2D eigenvalue weighted by Gasteiger charge is 2.47. The smallest absolute Gasteiger partial charge is 0.246 e. The summed E-state index contributed by atoms with van der Waals surface area (Å²) in [6, 6.07) is 10.8. The van der Waals surface area contributed by atoms with Crippen molar-refractivity contribution in [2.24, 2.45) is 0 Å². The molecule has 1 saturated heterocycles. The van der Waals surface area contributed by atoms with Crippen LogP contribution in [0.2, 0.25) is 0 Å². The molecular weight excluding hydrogens is 376 g/mol. The van der Waals surface area contributed by atoms with Crippen LogP contribution in [0.25, 0.3) is 0 Å². The number of nitriles is 1. The van der Waals surface area contributed by atoms with E-state index in [1.807, 2.05) is 6.07 Å². The van der Waals surface area contributed by atoms with Crippen LogP contribution >= 0.6 is 0 Å². The molecule has 2 N–H and O–H groups in total. The third kappa shape index (κ3) is 3.83. The van der Waals surface area contributed by atoms with Crippen LogP contribution in [-0.4, -0.2) is 23.4 Å². The van der Waals surface area contributed by atoms with Crippen LogP contribution in [0.15, 0.2) is 42.5 Å². The molecule has 1 aliphatic heterocycles. The first kappa shape index (κ1) is 20.5. The number of halogens is 2. The highest BCUT2D eigenvalue weighted by Crippen LogP contribution is 2.30. The van der Waals surface area contributed by atoms with Crippen LogP contribution in [-0.2, 0) is 16.0 Å². The first-order valence-corrected chi connectivity index (χ1v) is 9.37. The summed E-state index contributed by atoms with van der Waals surface area (Å²) in [6.07, 6.45) is 0.526. The maximum absolute atomic E-state index is 14.4. The fourth-order valence-corrected chi connectivity index (χ4v) is 3.78. The first-order valence-electron chi connectivity index (χ1n) is 9.37. The van der Waals surface area contributed by atoms with Gasteiger partial charge in [-0.25, -0.2) is 8.78 Å². The molecule has 0 spiro atoms. The Hall–Kier alpha value is -3.27. The highest BCUT2D eigenvalue weighted by molar-refractivity contribution is 6.00. The summed E-state index contributed by atoms with van der Waals surface area (Å²) in [6.45, 7) is 3.38. The minimum absolute atomic E-state index is 0.0954. The van der Waals surface area contributed by atoms with Gasteiger partial charge in [0.05, 0.1) is 11.6 Å². The lowest BCUT2D eigenvalue weighted by Crippen LogP contribution is -2.70. The van der Waals surface area contributed by atoms with Crippen molar-refractivity contribution in [1.82, 2.24) is 10.6 Å². The summed E-state index contributed by atoms with van der Waals surface area (Å²) < 4.78 is 27.6. The van der Waals surface area contributed by atoms with Gasteiger partial charge >= 0.3 is 0 Å². The number of carbonyl (C=O) groups excluding carboxylic acids is 2. The zero-order chi connectivity index (χ0) is 21.2. The van der Waals surface area contributed by atoms with Gasteiger partial charge in [-0.2, -0.15) is 5.26 Å². The number of carbonyl (C=O) groups is 2. The molecule has 0 radical (unpaired) electrons. The summed E-state index contributed by atoms with van der Waals surface area (Å²) in [7, 11) is 0. The SMILES string of the molecule is CCC1(Cc2ccc(F)cc2)NC(=O)C(C(C)c2c(F)cccc2C#N)NC1=O. The van der Waals surface area contributed by atoms with Gasteiger partial charge in [0, 0.05) is 17.9 Å². The van der Waals surface area contributed by atoms with Crippen LogP contribution < -0.4 is 10.6 Å². The van der Waals surface area contributed by atoms with Crippen molar-refractivity contribution >= 4 is 11.8 Å². The predicted molar refractivity (Wildman–Crippen MR) is 103 cm³/mol. The largest absolute Gasteiger partial charge is 0.342 e. The monoisotopic (exact) mass is 397 g/mol. The molecule has 7 heteroatoms. The summed E-state index contributed by atoms with van der Waals surface area (Å²) >= 11 is 0. The number of nitrogens with one attached hydrogen (secondary N) is 2. The molecule has 2 aromatic rings. The molecule has 1 aliphatic rings. The molecule has 0 bridgehead atoms. The van der Waals surface area contributed by atoms with Crippen molar-refractivity contribution in [3.05, 3.63) is 70.8 Å².